The van der Waals surface area contributed by atoms with Gasteiger partial charge in [-0.15, -0.1) is 0 Å². The lowest BCUT2D eigenvalue weighted by Gasteiger charge is -2.16. The molecule has 0 unspecified atom stereocenters. The van der Waals surface area contributed by atoms with Crippen LogP contribution in [0.2, 0.25) is 0 Å². The first-order valence-corrected chi connectivity index (χ1v) is 7.61. The molecule has 0 aliphatic rings. The molecular formula is C18H22N3O2+. The number of rotatable bonds is 7. The first-order chi connectivity index (χ1) is 11.2. The van der Waals surface area contributed by atoms with E-state index in [0.717, 1.165) is 11.1 Å². The van der Waals surface area contributed by atoms with E-state index in [4.69, 9.17) is 0 Å². The van der Waals surface area contributed by atoms with E-state index < -0.39 is 0 Å². The molecule has 2 rings (SSSR count). The van der Waals surface area contributed by atoms with Crippen LogP contribution in [0.3, 0.4) is 0 Å². The van der Waals surface area contributed by atoms with Crippen molar-refractivity contribution in [2.45, 2.75) is 6.04 Å². The van der Waals surface area contributed by atoms with Gasteiger partial charge in [0, 0.05) is 18.2 Å². The van der Waals surface area contributed by atoms with Crippen molar-refractivity contribution < 1.29 is 14.9 Å². The predicted octanol–water partition coefficient (Wildman–Crippen LogP) is 0.202. The van der Waals surface area contributed by atoms with Crippen LogP contribution in [0.5, 0.6) is 0 Å². The molecule has 0 spiro atoms. The van der Waals surface area contributed by atoms with Crippen LogP contribution < -0.4 is 16.0 Å². The molecule has 5 heteroatoms. The van der Waals surface area contributed by atoms with Crippen LogP contribution in [0.1, 0.15) is 17.2 Å². The maximum atomic E-state index is 11.9. The Bertz CT molecular complexity index is 590. The van der Waals surface area contributed by atoms with Gasteiger partial charge >= 0.3 is 0 Å². The number of hydrogen-bond donors (Lipinski definition) is 3. The molecule has 5 nitrogen and oxygen atoms in total. The maximum absolute atomic E-state index is 11.9. The van der Waals surface area contributed by atoms with Crippen molar-refractivity contribution in [3.63, 3.8) is 0 Å². The molecule has 0 aromatic heterocycles. The number of carbonyl (C=O) groups excluding carboxylic acids is 2. The Labute approximate surface area is 136 Å². The number of hydrogen-bond acceptors (Lipinski definition) is 2. The summed E-state index contributed by atoms with van der Waals surface area (Å²) in [6.45, 7) is 0.260. The molecule has 23 heavy (non-hydrogen) atoms. The molecule has 0 radical (unpaired) electrons. The Hall–Kier alpha value is -2.66. The number of quaternary nitrogens is 1. The zero-order valence-electron chi connectivity index (χ0n) is 13.2. The third kappa shape index (κ3) is 5.23. The van der Waals surface area contributed by atoms with E-state index in [1.165, 1.54) is 0 Å². The van der Waals surface area contributed by atoms with E-state index in [0.29, 0.717) is 0 Å². The summed E-state index contributed by atoms with van der Waals surface area (Å²) in [5.74, 6) is -0.369. The Balaban J connectivity index is 2.02. The van der Waals surface area contributed by atoms with Gasteiger partial charge in [0.15, 0.2) is 6.54 Å². The van der Waals surface area contributed by atoms with Gasteiger partial charge in [-0.1, -0.05) is 60.7 Å². The zero-order valence-corrected chi connectivity index (χ0v) is 13.2. The van der Waals surface area contributed by atoms with Crippen LogP contribution >= 0.6 is 0 Å². The van der Waals surface area contributed by atoms with Crippen LogP contribution in [-0.2, 0) is 9.59 Å². The Morgan fingerprint density at radius 1 is 0.913 bits per heavy atom. The highest BCUT2D eigenvalue weighted by Crippen LogP contribution is 2.17. The summed E-state index contributed by atoms with van der Waals surface area (Å²) in [7, 11) is 1.54. The van der Waals surface area contributed by atoms with Crippen molar-refractivity contribution in [3.8, 4) is 0 Å². The molecule has 0 heterocycles. The first-order valence-electron chi connectivity index (χ1n) is 7.61. The number of benzene rings is 2. The van der Waals surface area contributed by atoms with E-state index in [2.05, 4.69) is 34.9 Å². The fraction of sp³-hybridized carbons (Fsp3) is 0.222. The highest BCUT2D eigenvalue weighted by Gasteiger charge is 2.18. The summed E-state index contributed by atoms with van der Waals surface area (Å²) in [4.78, 5) is 23.1. The quantitative estimate of drug-likeness (QED) is 0.683. The minimum absolute atomic E-state index is 0.00448. The number of carbonyl (C=O) groups is 2. The summed E-state index contributed by atoms with van der Waals surface area (Å²) in [5.41, 5.74) is 2.27. The third-order valence-electron chi connectivity index (χ3n) is 3.58. The van der Waals surface area contributed by atoms with E-state index in [1.807, 2.05) is 41.7 Å². The van der Waals surface area contributed by atoms with Gasteiger partial charge in [0.25, 0.3) is 5.91 Å². The van der Waals surface area contributed by atoms with Crippen molar-refractivity contribution in [1.82, 2.24) is 10.6 Å². The SMILES string of the molecule is CNC(=O)CNC(=O)C[NH2+]C(c1ccccc1)c1ccccc1. The van der Waals surface area contributed by atoms with Crippen LogP contribution in [-0.4, -0.2) is 32.0 Å². The van der Waals surface area contributed by atoms with E-state index in [-0.39, 0.29) is 30.9 Å². The molecule has 0 bridgehead atoms. The number of amides is 2. The molecule has 2 aromatic carbocycles. The maximum Gasteiger partial charge on any atom is 0.275 e. The van der Waals surface area contributed by atoms with Gasteiger partial charge in [-0.3, -0.25) is 9.59 Å². The average molecular weight is 312 g/mol. The van der Waals surface area contributed by atoms with Crippen molar-refractivity contribution in [3.05, 3.63) is 71.8 Å². The van der Waals surface area contributed by atoms with Crippen LogP contribution in [0, 0.1) is 0 Å². The lowest BCUT2D eigenvalue weighted by molar-refractivity contribution is -0.676. The molecule has 0 fully saturated rings. The van der Waals surface area contributed by atoms with E-state index in [9.17, 15) is 9.59 Å². The minimum Gasteiger partial charge on any atom is -0.358 e. The monoisotopic (exact) mass is 312 g/mol. The number of nitrogens with two attached hydrogens (primary N) is 1. The largest absolute Gasteiger partial charge is 0.358 e. The van der Waals surface area contributed by atoms with Crippen LogP contribution in [0.25, 0.3) is 0 Å². The normalized spacial score (nSPS) is 10.3. The van der Waals surface area contributed by atoms with Gasteiger partial charge in [-0.05, 0) is 0 Å². The van der Waals surface area contributed by atoms with Gasteiger partial charge in [0.1, 0.15) is 6.04 Å². The summed E-state index contributed by atoms with van der Waals surface area (Å²) in [6, 6.07) is 20.2. The highest BCUT2D eigenvalue weighted by atomic mass is 16.2. The highest BCUT2D eigenvalue weighted by molar-refractivity contribution is 5.84. The van der Waals surface area contributed by atoms with Crippen LogP contribution in [0.4, 0.5) is 0 Å². The topological polar surface area (TPSA) is 74.8 Å². The molecular weight excluding hydrogens is 290 g/mol. The number of nitrogens with one attached hydrogen (secondary N) is 2. The summed E-state index contributed by atoms with van der Waals surface area (Å²) < 4.78 is 0. The molecule has 0 aliphatic heterocycles. The lowest BCUT2D eigenvalue weighted by atomic mass is 9.99. The molecule has 0 atom stereocenters. The van der Waals surface area contributed by atoms with Crippen LogP contribution in [0.15, 0.2) is 60.7 Å². The lowest BCUT2D eigenvalue weighted by Crippen LogP contribution is -2.87. The molecule has 2 amide bonds. The first kappa shape index (κ1) is 16.7. The van der Waals surface area contributed by atoms with Crippen molar-refractivity contribution in [2.24, 2.45) is 0 Å². The summed E-state index contributed by atoms with van der Waals surface area (Å²) >= 11 is 0. The van der Waals surface area contributed by atoms with Crippen molar-refractivity contribution in [2.75, 3.05) is 20.1 Å². The summed E-state index contributed by atoms with van der Waals surface area (Å²) in [5, 5.41) is 7.06. The van der Waals surface area contributed by atoms with Gasteiger partial charge in [0.2, 0.25) is 5.91 Å². The molecule has 0 saturated heterocycles. The minimum atomic E-state index is -0.207. The molecule has 4 N–H and O–H groups in total. The standard InChI is InChI=1S/C18H21N3O2/c1-19-16(22)12-20-17(23)13-21-18(14-8-4-2-5-9-14)15-10-6-3-7-11-15/h2-11,18,21H,12-13H2,1H3,(H,19,22)(H,20,23)/p+1. The molecule has 2 aromatic rings. The predicted molar refractivity (Wildman–Crippen MR) is 88.6 cm³/mol. The second-order valence-corrected chi connectivity index (χ2v) is 5.19. The smallest absolute Gasteiger partial charge is 0.275 e. The Morgan fingerprint density at radius 3 is 1.91 bits per heavy atom. The average Bonchev–Trinajstić information content (AvgIpc) is 2.61. The van der Waals surface area contributed by atoms with E-state index >= 15 is 0 Å². The van der Waals surface area contributed by atoms with Gasteiger partial charge in [-0.2, -0.15) is 0 Å². The third-order valence-corrected chi connectivity index (χ3v) is 3.58. The van der Waals surface area contributed by atoms with Gasteiger partial charge < -0.3 is 16.0 Å². The Morgan fingerprint density at radius 2 is 1.43 bits per heavy atom. The second kappa shape index (κ2) is 8.70. The zero-order chi connectivity index (χ0) is 16.5. The van der Waals surface area contributed by atoms with E-state index in [1.54, 1.807) is 7.05 Å². The second-order valence-electron chi connectivity index (χ2n) is 5.19. The van der Waals surface area contributed by atoms with Crippen molar-refractivity contribution >= 4 is 11.8 Å². The molecule has 0 aliphatic carbocycles. The van der Waals surface area contributed by atoms with Crippen molar-refractivity contribution in [1.29, 1.82) is 0 Å². The number of likely N-dealkylation sites (N-methyl/N-ethyl adjacent to an activating group) is 1. The van der Waals surface area contributed by atoms with Gasteiger partial charge in [-0.25, -0.2) is 0 Å². The molecule has 120 valence electrons. The molecule has 0 saturated carbocycles. The fourth-order valence-electron chi connectivity index (χ4n) is 2.35. The summed E-state index contributed by atoms with van der Waals surface area (Å²) in [6.07, 6.45) is 0. The van der Waals surface area contributed by atoms with Gasteiger partial charge in [0.05, 0.1) is 6.54 Å². The fourth-order valence-corrected chi connectivity index (χ4v) is 2.35. The Kier molecular flexibility index (Phi) is 6.32.